The highest BCUT2D eigenvalue weighted by Crippen LogP contribution is 2.33. The van der Waals surface area contributed by atoms with Crippen LogP contribution in [0.2, 0.25) is 0 Å². The highest BCUT2D eigenvalue weighted by molar-refractivity contribution is 5.39. The van der Waals surface area contributed by atoms with E-state index in [1.807, 2.05) is 0 Å². The third-order valence-electron chi connectivity index (χ3n) is 2.81. The highest BCUT2D eigenvalue weighted by Gasteiger charge is 2.27. The topological polar surface area (TPSA) is 29.5 Å². The quantitative estimate of drug-likeness (QED) is 0.888. The molecule has 0 unspecified atom stereocenters. The Kier molecular flexibility index (Phi) is 3.28. The summed E-state index contributed by atoms with van der Waals surface area (Å²) in [4.78, 5) is 0. The predicted molar refractivity (Wildman–Crippen MR) is 55.9 cm³/mol. The van der Waals surface area contributed by atoms with Gasteiger partial charge in [-0.2, -0.15) is 13.2 Å². The Labute approximate surface area is 97.0 Å². The molecule has 1 aliphatic rings. The molecule has 0 saturated carbocycles. The maximum Gasteiger partial charge on any atom is 0.392 e. The maximum atomic E-state index is 11.9. The first-order valence-electron chi connectivity index (χ1n) is 5.46. The van der Waals surface area contributed by atoms with Crippen LogP contribution in [-0.4, -0.2) is 17.9 Å². The number of aryl methyl sites for hydroxylation is 1. The van der Waals surface area contributed by atoms with Crippen LogP contribution in [0.15, 0.2) is 18.2 Å². The van der Waals surface area contributed by atoms with E-state index >= 15 is 0 Å². The summed E-state index contributed by atoms with van der Waals surface area (Å²) < 4.78 is 40.8. The molecule has 0 amide bonds. The number of rotatable bonds is 3. The van der Waals surface area contributed by atoms with E-state index < -0.39 is 18.7 Å². The van der Waals surface area contributed by atoms with Gasteiger partial charge in [0.05, 0.1) is 19.1 Å². The van der Waals surface area contributed by atoms with E-state index in [1.165, 1.54) is 0 Å². The fraction of sp³-hybridized carbons (Fsp3) is 0.500. The van der Waals surface area contributed by atoms with Crippen LogP contribution in [0.4, 0.5) is 13.2 Å². The van der Waals surface area contributed by atoms with Crippen molar-refractivity contribution in [2.45, 2.75) is 31.5 Å². The molecule has 2 rings (SSSR count). The fourth-order valence-electron chi connectivity index (χ4n) is 1.95. The van der Waals surface area contributed by atoms with Gasteiger partial charge in [-0.25, -0.2) is 0 Å². The Morgan fingerprint density at radius 2 is 2.12 bits per heavy atom. The molecule has 0 aliphatic heterocycles. The van der Waals surface area contributed by atoms with E-state index in [2.05, 4.69) is 0 Å². The van der Waals surface area contributed by atoms with Crippen LogP contribution in [0.25, 0.3) is 0 Å². The smallest absolute Gasteiger partial charge is 0.392 e. The van der Waals surface area contributed by atoms with Gasteiger partial charge in [0.15, 0.2) is 0 Å². The van der Waals surface area contributed by atoms with Gasteiger partial charge in [-0.15, -0.1) is 0 Å². The van der Waals surface area contributed by atoms with E-state index in [1.54, 1.807) is 18.2 Å². The third kappa shape index (κ3) is 3.12. The van der Waals surface area contributed by atoms with Gasteiger partial charge in [0, 0.05) is 0 Å². The lowest BCUT2D eigenvalue weighted by Gasteiger charge is -2.10. The second-order valence-corrected chi connectivity index (χ2v) is 4.13. The molecule has 17 heavy (non-hydrogen) atoms. The van der Waals surface area contributed by atoms with Crippen molar-refractivity contribution in [1.82, 2.24) is 0 Å². The zero-order valence-corrected chi connectivity index (χ0v) is 9.13. The van der Waals surface area contributed by atoms with E-state index in [0.717, 1.165) is 17.5 Å². The van der Waals surface area contributed by atoms with Crippen molar-refractivity contribution in [3.8, 4) is 5.75 Å². The van der Waals surface area contributed by atoms with Crippen molar-refractivity contribution < 1.29 is 23.0 Å². The molecule has 5 heteroatoms. The summed E-state index contributed by atoms with van der Waals surface area (Å²) in [5, 5.41) is 9.57. The number of hydrogen-bond acceptors (Lipinski definition) is 2. The average molecular weight is 246 g/mol. The van der Waals surface area contributed by atoms with Crippen molar-refractivity contribution in [1.29, 1.82) is 0 Å². The van der Waals surface area contributed by atoms with Gasteiger partial charge < -0.3 is 9.84 Å². The van der Waals surface area contributed by atoms with Crippen molar-refractivity contribution in [2.75, 3.05) is 6.61 Å². The molecule has 1 aliphatic carbocycles. The molecule has 0 heterocycles. The molecule has 1 aromatic rings. The van der Waals surface area contributed by atoms with Crippen LogP contribution in [0.1, 0.15) is 30.1 Å². The van der Waals surface area contributed by atoms with Gasteiger partial charge in [0.25, 0.3) is 0 Å². The summed E-state index contributed by atoms with van der Waals surface area (Å²) in [6, 6.07) is 5.03. The van der Waals surface area contributed by atoms with Crippen LogP contribution in [-0.2, 0) is 6.42 Å². The number of benzene rings is 1. The first kappa shape index (κ1) is 12.2. The number of halogens is 3. The number of alkyl halides is 3. The normalized spacial score (nSPS) is 19.2. The van der Waals surface area contributed by atoms with Crippen molar-refractivity contribution >= 4 is 0 Å². The Balaban J connectivity index is 1.95. The fourth-order valence-corrected chi connectivity index (χ4v) is 1.95. The second kappa shape index (κ2) is 4.56. The van der Waals surface area contributed by atoms with Crippen molar-refractivity contribution in [3.63, 3.8) is 0 Å². The molecule has 0 bridgehead atoms. The average Bonchev–Trinajstić information content (AvgIpc) is 2.58. The lowest BCUT2D eigenvalue weighted by atomic mass is 10.1. The molecule has 1 N–H and O–H groups in total. The highest BCUT2D eigenvalue weighted by atomic mass is 19.4. The SMILES string of the molecule is O[C@H]1CCc2cc(OCCC(F)(F)F)ccc21. The molecule has 0 saturated heterocycles. The zero-order chi connectivity index (χ0) is 12.5. The molecule has 1 aromatic carbocycles. The van der Waals surface area contributed by atoms with Gasteiger partial charge in [0.1, 0.15) is 5.75 Å². The summed E-state index contributed by atoms with van der Waals surface area (Å²) in [6.45, 7) is -0.370. The number of aliphatic hydroxyl groups excluding tert-OH is 1. The minimum absolute atomic E-state index is 0.370. The van der Waals surface area contributed by atoms with Crippen molar-refractivity contribution in [2.24, 2.45) is 0 Å². The van der Waals surface area contributed by atoms with E-state index in [9.17, 15) is 18.3 Å². The van der Waals surface area contributed by atoms with Crippen LogP contribution in [0.3, 0.4) is 0 Å². The molecule has 0 fully saturated rings. The molecular weight excluding hydrogens is 233 g/mol. The minimum Gasteiger partial charge on any atom is -0.493 e. The summed E-state index contributed by atoms with van der Waals surface area (Å²) in [5.74, 6) is 0.433. The summed E-state index contributed by atoms with van der Waals surface area (Å²) >= 11 is 0. The third-order valence-corrected chi connectivity index (χ3v) is 2.81. The van der Waals surface area contributed by atoms with Gasteiger partial charge in [-0.05, 0) is 36.1 Å². The first-order chi connectivity index (χ1) is 7.96. The minimum atomic E-state index is -4.19. The number of fused-ring (bicyclic) bond motifs is 1. The molecule has 0 aromatic heterocycles. The zero-order valence-electron chi connectivity index (χ0n) is 9.13. The second-order valence-electron chi connectivity index (χ2n) is 4.13. The standard InChI is InChI=1S/C12H13F3O2/c13-12(14,15)5-6-17-9-2-3-10-8(7-9)1-4-11(10)16/h2-3,7,11,16H,1,4-6H2/t11-/m0/s1. The molecular formula is C12H13F3O2. The Hall–Kier alpha value is -1.23. The lowest BCUT2D eigenvalue weighted by molar-refractivity contribution is -0.139. The Morgan fingerprint density at radius 1 is 1.35 bits per heavy atom. The van der Waals surface area contributed by atoms with E-state index in [-0.39, 0.29) is 6.61 Å². The summed E-state index contributed by atoms with van der Waals surface area (Å²) in [6.07, 6.45) is -4.18. The van der Waals surface area contributed by atoms with Gasteiger partial charge >= 0.3 is 6.18 Å². The Morgan fingerprint density at radius 3 is 2.82 bits per heavy atom. The molecule has 0 spiro atoms. The molecule has 0 radical (unpaired) electrons. The van der Waals surface area contributed by atoms with Crippen LogP contribution >= 0.6 is 0 Å². The molecule has 2 nitrogen and oxygen atoms in total. The monoisotopic (exact) mass is 246 g/mol. The largest absolute Gasteiger partial charge is 0.493 e. The predicted octanol–water partition coefficient (Wildman–Crippen LogP) is 3.00. The Bertz CT molecular complexity index is 401. The van der Waals surface area contributed by atoms with Gasteiger partial charge in [0.2, 0.25) is 0 Å². The van der Waals surface area contributed by atoms with Crippen LogP contribution < -0.4 is 4.74 Å². The summed E-state index contributed by atoms with van der Waals surface area (Å²) in [7, 11) is 0. The molecule has 1 atom stereocenters. The van der Waals surface area contributed by atoms with Crippen LogP contribution in [0.5, 0.6) is 5.75 Å². The molecule has 94 valence electrons. The number of aliphatic hydroxyl groups is 1. The lowest BCUT2D eigenvalue weighted by Crippen LogP contribution is -2.13. The number of ether oxygens (including phenoxy) is 1. The van der Waals surface area contributed by atoms with Gasteiger partial charge in [-0.1, -0.05) is 6.07 Å². The maximum absolute atomic E-state index is 11.9. The van der Waals surface area contributed by atoms with E-state index in [4.69, 9.17) is 4.74 Å². The van der Waals surface area contributed by atoms with E-state index in [0.29, 0.717) is 12.2 Å². The van der Waals surface area contributed by atoms with Crippen molar-refractivity contribution in [3.05, 3.63) is 29.3 Å². The number of hydrogen-bond donors (Lipinski definition) is 1. The summed E-state index contributed by atoms with van der Waals surface area (Å²) in [5.41, 5.74) is 1.81. The van der Waals surface area contributed by atoms with Crippen LogP contribution in [0, 0.1) is 0 Å². The van der Waals surface area contributed by atoms with Gasteiger partial charge in [-0.3, -0.25) is 0 Å². The first-order valence-corrected chi connectivity index (χ1v) is 5.46.